The maximum Gasteiger partial charge on any atom is 0.139 e. The van der Waals surface area contributed by atoms with Crippen molar-refractivity contribution >= 4 is 5.78 Å². The van der Waals surface area contributed by atoms with E-state index in [0.29, 0.717) is 18.8 Å². The number of ether oxygens (including phenoxy) is 3. The molecule has 1 spiro atoms. The zero-order valence-corrected chi connectivity index (χ0v) is 12.4. The third-order valence-electron chi connectivity index (χ3n) is 4.50. The van der Waals surface area contributed by atoms with E-state index in [4.69, 9.17) is 14.2 Å². The quantitative estimate of drug-likeness (QED) is 0.786. The highest BCUT2D eigenvalue weighted by Gasteiger charge is 2.41. The number of rotatable bonds is 4. The smallest absolute Gasteiger partial charge is 0.139 e. The summed E-state index contributed by atoms with van der Waals surface area (Å²) >= 11 is 0. The van der Waals surface area contributed by atoms with E-state index in [1.54, 1.807) is 7.11 Å². The summed E-state index contributed by atoms with van der Waals surface area (Å²) in [7, 11) is 1.66. The zero-order valence-electron chi connectivity index (χ0n) is 12.4. The molecule has 4 nitrogen and oxygen atoms in total. The summed E-state index contributed by atoms with van der Waals surface area (Å²) in [6.07, 6.45) is 4.03. The van der Waals surface area contributed by atoms with Crippen molar-refractivity contribution in [3.63, 3.8) is 0 Å². The SMILES string of the molecule is COC(C)(C)CC(=O)C1CCOC2(CCOCC2)C1. The Morgan fingerprint density at radius 2 is 2.00 bits per heavy atom. The molecule has 19 heavy (non-hydrogen) atoms. The van der Waals surface area contributed by atoms with Crippen LogP contribution in [0.4, 0.5) is 0 Å². The molecule has 0 aromatic rings. The molecule has 0 N–H and O–H groups in total. The maximum absolute atomic E-state index is 12.4. The van der Waals surface area contributed by atoms with Crippen LogP contribution in [0.15, 0.2) is 0 Å². The summed E-state index contributed by atoms with van der Waals surface area (Å²) in [5, 5.41) is 0. The highest BCUT2D eigenvalue weighted by atomic mass is 16.5. The molecule has 1 unspecified atom stereocenters. The van der Waals surface area contributed by atoms with Crippen LogP contribution in [-0.2, 0) is 19.0 Å². The Balaban J connectivity index is 1.95. The molecule has 2 aliphatic rings. The van der Waals surface area contributed by atoms with Gasteiger partial charge >= 0.3 is 0 Å². The Morgan fingerprint density at radius 3 is 2.63 bits per heavy atom. The standard InChI is InChI=1S/C15H26O4/c1-14(2,17-3)11-13(16)12-4-7-19-15(10-12)5-8-18-9-6-15/h12H,4-11H2,1-3H3. The van der Waals surface area contributed by atoms with Crippen molar-refractivity contribution in [1.82, 2.24) is 0 Å². The van der Waals surface area contributed by atoms with Crippen LogP contribution in [0.2, 0.25) is 0 Å². The predicted octanol–water partition coefficient (Wildman–Crippen LogP) is 2.35. The molecule has 2 saturated heterocycles. The number of carbonyl (C=O) groups excluding carboxylic acids is 1. The lowest BCUT2D eigenvalue weighted by Gasteiger charge is -2.43. The molecule has 2 rings (SSSR count). The van der Waals surface area contributed by atoms with Gasteiger partial charge in [0.15, 0.2) is 0 Å². The number of methoxy groups -OCH3 is 1. The Labute approximate surface area is 115 Å². The molecule has 1 atom stereocenters. The average Bonchev–Trinajstić information content (AvgIpc) is 2.39. The molecule has 2 fully saturated rings. The lowest BCUT2D eigenvalue weighted by atomic mass is 9.77. The van der Waals surface area contributed by atoms with Gasteiger partial charge in [0, 0.05) is 39.3 Å². The number of ketones is 1. The van der Waals surface area contributed by atoms with Crippen molar-refractivity contribution in [3.05, 3.63) is 0 Å². The third-order valence-corrected chi connectivity index (χ3v) is 4.50. The fourth-order valence-electron chi connectivity index (χ4n) is 3.03. The molecule has 0 bridgehead atoms. The Kier molecular flexibility index (Phi) is 4.64. The van der Waals surface area contributed by atoms with Crippen molar-refractivity contribution in [1.29, 1.82) is 0 Å². The molecule has 0 aliphatic carbocycles. The van der Waals surface area contributed by atoms with Gasteiger partial charge in [-0.05, 0) is 39.5 Å². The fourth-order valence-corrected chi connectivity index (χ4v) is 3.03. The molecule has 0 saturated carbocycles. The van der Waals surface area contributed by atoms with E-state index in [9.17, 15) is 4.79 Å². The molecular weight excluding hydrogens is 244 g/mol. The summed E-state index contributed by atoms with van der Waals surface area (Å²) < 4.78 is 16.7. The van der Waals surface area contributed by atoms with Crippen LogP contribution in [0.1, 0.15) is 46.0 Å². The van der Waals surface area contributed by atoms with Crippen molar-refractivity contribution in [2.45, 2.75) is 57.2 Å². The second kappa shape index (κ2) is 5.90. The van der Waals surface area contributed by atoms with E-state index in [0.717, 1.165) is 38.9 Å². The van der Waals surface area contributed by atoms with Crippen LogP contribution in [0, 0.1) is 5.92 Å². The number of Topliss-reactive ketones (excluding diaryl/α,β-unsaturated/α-hetero) is 1. The molecule has 0 amide bonds. The zero-order chi connectivity index (χ0) is 13.9. The largest absolute Gasteiger partial charge is 0.381 e. The van der Waals surface area contributed by atoms with Crippen LogP contribution in [-0.4, -0.2) is 43.9 Å². The monoisotopic (exact) mass is 270 g/mol. The van der Waals surface area contributed by atoms with E-state index in [-0.39, 0.29) is 17.1 Å². The lowest BCUT2D eigenvalue weighted by Crippen LogP contribution is -2.46. The molecule has 2 heterocycles. The first-order valence-electron chi connectivity index (χ1n) is 7.26. The minimum atomic E-state index is -0.363. The second-order valence-corrected chi connectivity index (χ2v) is 6.44. The molecule has 110 valence electrons. The fraction of sp³-hybridized carbons (Fsp3) is 0.933. The summed E-state index contributed by atoms with van der Waals surface area (Å²) in [5.41, 5.74) is -0.466. The number of carbonyl (C=O) groups is 1. The van der Waals surface area contributed by atoms with E-state index in [1.165, 1.54) is 0 Å². The van der Waals surface area contributed by atoms with Gasteiger partial charge in [-0.2, -0.15) is 0 Å². The minimum Gasteiger partial charge on any atom is -0.381 e. The molecule has 2 aliphatic heterocycles. The number of hydrogen-bond acceptors (Lipinski definition) is 4. The third kappa shape index (κ3) is 3.77. The van der Waals surface area contributed by atoms with Crippen LogP contribution in [0.5, 0.6) is 0 Å². The topological polar surface area (TPSA) is 44.8 Å². The molecule has 4 heteroatoms. The maximum atomic E-state index is 12.4. The Hall–Kier alpha value is -0.450. The Bertz CT molecular complexity index is 313. The van der Waals surface area contributed by atoms with Crippen molar-refractivity contribution in [2.24, 2.45) is 5.92 Å². The van der Waals surface area contributed by atoms with E-state index in [2.05, 4.69) is 0 Å². The average molecular weight is 270 g/mol. The second-order valence-electron chi connectivity index (χ2n) is 6.44. The predicted molar refractivity (Wildman–Crippen MR) is 72.2 cm³/mol. The van der Waals surface area contributed by atoms with Crippen LogP contribution in [0.3, 0.4) is 0 Å². The van der Waals surface area contributed by atoms with Crippen LogP contribution >= 0.6 is 0 Å². The normalized spacial score (nSPS) is 27.4. The molecule has 0 aromatic heterocycles. The Morgan fingerprint density at radius 1 is 1.32 bits per heavy atom. The first-order chi connectivity index (χ1) is 8.96. The van der Waals surface area contributed by atoms with Gasteiger partial charge in [0.05, 0.1) is 11.2 Å². The van der Waals surface area contributed by atoms with Gasteiger partial charge in [0.2, 0.25) is 0 Å². The van der Waals surface area contributed by atoms with Gasteiger partial charge in [-0.3, -0.25) is 4.79 Å². The summed E-state index contributed by atoms with van der Waals surface area (Å²) in [5.74, 6) is 0.447. The van der Waals surface area contributed by atoms with Gasteiger partial charge in [-0.1, -0.05) is 0 Å². The minimum absolute atomic E-state index is 0.103. The number of hydrogen-bond donors (Lipinski definition) is 0. The van der Waals surface area contributed by atoms with E-state index >= 15 is 0 Å². The highest BCUT2D eigenvalue weighted by Crippen LogP contribution is 2.38. The summed E-state index contributed by atoms with van der Waals surface area (Å²) in [6.45, 7) is 6.14. The lowest BCUT2D eigenvalue weighted by molar-refractivity contribution is -0.159. The van der Waals surface area contributed by atoms with E-state index in [1.807, 2.05) is 13.8 Å². The summed E-state index contributed by atoms with van der Waals surface area (Å²) in [6, 6.07) is 0. The van der Waals surface area contributed by atoms with E-state index < -0.39 is 0 Å². The molecule has 0 aromatic carbocycles. The van der Waals surface area contributed by atoms with Gasteiger partial charge in [-0.25, -0.2) is 0 Å². The van der Waals surface area contributed by atoms with Gasteiger partial charge in [-0.15, -0.1) is 0 Å². The van der Waals surface area contributed by atoms with Gasteiger partial charge in [0.1, 0.15) is 5.78 Å². The first kappa shape index (κ1) is 14.9. The van der Waals surface area contributed by atoms with Gasteiger partial charge < -0.3 is 14.2 Å². The first-order valence-corrected chi connectivity index (χ1v) is 7.26. The van der Waals surface area contributed by atoms with Crippen LogP contribution < -0.4 is 0 Å². The van der Waals surface area contributed by atoms with Crippen molar-refractivity contribution in [2.75, 3.05) is 26.9 Å². The highest BCUT2D eigenvalue weighted by molar-refractivity contribution is 5.82. The van der Waals surface area contributed by atoms with Crippen molar-refractivity contribution < 1.29 is 19.0 Å². The van der Waals surface area contributed by atoms with Gasteiger partial charge in [0.25, 0.3) is 0 Å². The molecule has 0 radical (unpaired) electrons. The van der Waals surface area contributed by atoms with Crippen molar-refractivity contribution in [3.8, 4) is 0 Å². The summed E-state index contributed by atoms with van der Waals surface area (Å²) in [4.78, 5) is 12.4. The molecular formula is C15H26O4. The van der Waals surface area contributed by atoms with Crippen LogP contribution in [0.25, 0.3) is 0 Å².